The zero-order valence-electron chi connectivity index (χ0n) is 13.2. The van der Waals surface area contributed by atoms with Gasteiger partial charge in [-0.25, -0.2) is 0 Å². The van der Waals surface area contributed by atoms with Crippen molar-refractivity contribution in [2.75, 3.05) is 0 Å². The second-order valence-corrected chi connectivity index (χ2v) is 6.13. The van der Waals surface area contributed by atoms with Crippen LogP contribution < -0.4 is 10.6 Å². The molecule has 2 N–H and O–H groups in total. The standard InChI is InChI=1S/C16H30N2O2/c1-4-5-6-9-12(2)17-16(20)15(18-13(3)19)14-10-7-8-11-14/h12,14-15H,4-11H2,1-3H3,(H,17,20)(H,18,19). The Hall–Kier alpha value is -1.06. The molecule has 20 heavy (non-hydrogen) atoms. The van der Waals surface area contributed by atoms with Crippen molar-refractivity contribution in [2.24, 2.45) is 5.92 Å². The van der Waals surface area contributed by atoms with Gasteiger partial charge in [-0.3, -0.25) is 9.59 Å². The molecule has 0 bridgehead atoms. The summed E-state index contributed by atoms with van der Waals surface area (Å²) in [6.07, 6.45) is 8.98. The lowest BCUT2D eigenvalue weighted by Crippen LogP contribution is -2.51. The van der Waals surface area contributed by atoms with Crippen molar-refractivity contribution in [3.63, 3.8) is 0 Å². The molecule has 2 amide bonds. The summed E-state index contributed by atoms with van der Waals surface area (Å²) in [6.45, 7) is 5.71. The van der Waals surface area contributed by atoms with E-state index < -0.39 is 0 Å². The molecule has 0 aromatic carbocycles. The van der Waals surface area contributed by atoms with E-state index in [0.717, 1.165) is 25.7 Å². The lowest BCUT2D eigenvalue weighted by Gasteiger charge is -2.25. The average molecular weight is 282 g/mol. The third-order valence-electron chi connectivity index (χ3n) is 4.14. The molecule has 0 saturated heterocycles. The van der Waals surface area contributed by atoms with Crippen molar-refractivity contribution in [1.82, 2.24) is 10.6 Å². The highest BCUT2D eigenvalue weighted by Gasteiger charge is 2.31. The monoisotopic (exact) mass is 282 g/mol. The van der Waals surface area contributed by atoms with Crippen LogP contribution in [0.1, 0.15) is 72.1 Å². The Kier molecular flexibility index (Phi) is 7.63. The first-order valence-electron chi connectivity index (χ1n) is 8.12. The Morgan fingerprint density at radius 2 is 1.80 bits per heavy atom. The fraction of sp³-hybridized carbons (Fsp3) is 0.875. The van der Waals surface area contributed by atoms with Crippen molar-refractivity contribution >= 4 is 11.8 Å². The zero-order chi connectivity index (χ0) is 15.0. The van der Waals surface area contributed by atoms with Crippen LogP contribution in [-0.4, -0.2) is 23.9 Å². The summed E-state index contributed by atoms with van der Waals surface area (Å²) >= 11 is 0. The smallest absolute Gasteiger partial charge is 0.243 e. The molecule has 0 aromatic rings. The largest absolute Gasteiger partial charge is 0.352 e. The maximum absolute atomic E-state index is 12.4. The first kappa shape index (κ1) is 17.0. The summed E-state index contributed by atoms with van der Waals surface area (Å²) in [6, 6.07) is -0.157. The van der Waals surface area contributed by atoms with E-state index in [4.69, 9.17) is 0 Å². The van der Waals surface area contributed by atoms with Gasteiger partial charge in [-0.2, -0.15) is 0 Å². The molecule has 1 fully saturated rings. The van der Waals surface area contributed by atoms with E-state index in [-0.39, 0.29) is 23.9 Å². The highest BCUT2D eigenvalue weighted by atomic mass is 16.2. The molecule has 1 aliphatic rings. The molecular weight excluding hydrogens is 252 g/mol. The van der Waals surface area contributed by atoms with E-state index in [2.05, 4.69) is 17.6 Å². The number of hydrogen-bond donors (Lipinski definition) is 2. The van der Waals surface area contributed by atoms with Crippen LogP contribution in [0.2, 0.25) is 0 Å². The van der Waals surface area contributed by atoms with Crippen molar-refractivity contribution in [3.05, 3.63) is 0 Å². The van der Waals surface area contributed by atoms with Gasteiger partial charge in [0.05, 0.1) is 0 Å². The molecule has 0 aliphatic heterocycles. The molecule has 0 aromatic heterocycles. The molecule has 0 spiro atoms. The molecule has 116 valence electrons. The Morgan fingerprint density at radius 1 is 1.15 bits per heavy atom. The molecular formula is C16H30N2O2. The van der Waals surface area contributed by atoms with E-state index in [1.54, 1.807) is 0 Å². The van der Waals surface area contributed by atoms with Gasteiger partial charge in [0.25, 0.3) is 0 Å². The normalized spacial score (nSPS) is 18.6. The zero-order valence-corrected chi connectivity index (χ0v) is 13.2. The SMILES string of the molecule is CCCCCC(C)NC(=O)C(NC(C)=O)C1CCCC1. The lowest BCUT2D eigenvalue weighted by molar-refractivity contribution is -0.129. The fourth-order valence-corrected chi connectivity index (χ4v) is 3.01. The third-order valence-corrected chi connectivity index (χ3v) is 4.14. The van der Waals surface area contributed by atoms with Gasteiger partial charge in [-0.15, -0.1) is 0 Å². The topological polar surface area (TPSA) is 58.2 Å². The number of rotatable bonds is 8. The van der Waals surface area contributed by atoms with Crippen LogP contribution in [0.3, 0.4) is 0 Å². The minimum Gasteiger partial charge on any atom is -0.352 e. The van der Waals surface area contributed by atoms with Crippen LogP contribution in [-0.2, 0) is 9.59 Å². The van der Waals surface area contributed by atoms with Crippen LogP contribution in [0.15, 0.2) is 0 Å². The molecule has 1 saturated carbocycles. The maximum Gasteiger partial charge on any atom is 0.243 e. The molecule has 2 atom stereocenters. The van der Waals surface area contributed by atoms with E-state index in [1.807, 2.05) is 6.92 Å². The number of unbranched alkanes of at least 4 members (excludes halogenated alkanes) is 2. The summed E-state index contributed by atoms with van der Waals surface area (Å²) in [5.74, 6) is 0.188. The number of carbonyl (C=O) groups excluding carboxylic acids is 2. The van der Waals surface area contributed by atoms with E-state index in [1.165, 1.54) is 32.6 Å². The number of carbonyl (C=O) groups is 2. The van der Waals surface area contributed by atoms with Gasteiger partial charge >= 0.3 is 0 Å². The highest BCUT2D eigenvalue weighted by molar-refractivity contribution is 5.87. The first-order valence-corrected chi connectivity index (χ1v) is 8.12. The van der Waals surface area contributed by atoms with Crippen molar-refractivity contribution in [3.8, 4) is 0 Å². The predicted molar refractivity (Wildman–Crippen MR) is 81.3 cm³/mol. The maximum atomic E-state index is 12.4. The minimum absolute atomic E-state index is 0.00361. The molecule has 1 aliphatic carbocycles. The summed E-state index contributed by atoms with van der Waals surface area (Å²) in [5.41, 5.74) is 0. The second-order valence-electron chi connectivity index (χ2n) is 6.13. The van der Waals surface area contributed by atoms with Crippen molar-refractivity contribution in [1.29, 1.82) is 0 Å². The molecule has 0 heterocycles. The van der Waals surface area contributed by atoms with Crippen LogP contribution in [0.5, 0.6) is 0 Å². The Bertz CT molecular complexity index is 312. The van der Waals surface area contributed by atoms with Crippen LogP contribution >= 0.6 is 0 Å². The van der Waals surface area contributed by atoms with E-state index >= 15 is 0 Å². The average Bonchev–Trinajstić information content (AvgIpc) is 2.89. The third kappa shape index (κ3) is 5.93. The van der Waals surface area contributed by atoms with E-state index in [9.17, 15) is 9.59 Å². The van der Waals surface area contributed by atoms with Gasteiger partial charge < -0.3 is 10.6 Å². The highest BCUT2D eigenvalue weighted by Crippen LogP contribution is 2.28. The quantitative estimate of drug-likeness (QED) is 0.673. The van der Waals surface area contributed by atoms with Crippen molar-refractivity contribution in [2.45, 2.75) is 84.2 Å². The summed E-state index contributed by atoms with van der Waals surface area (Å²) in [7, 11) is 0. The summed E-state index contributed by atoms with van der Waals surface area (Å²) < 4.78 is 0. The number of nitrogens with one attached hydrogen (secondary N) is 2. The fourth-order valence-electron chi connectivity index (χ4n) is 3.01. The molecule has 4 nitrogen and oxygen atoms in total. The van der Waals surface area contributed by atoms with Gasteiger partial charge in [-0.1, -0.05) is 39.0 Å². The lowest BCUT2D eigenvalue weighted by atomic mass is 9.96. The Morgan fingerprint density at radius 3 is 2.35 bits per heavy atom. The summed E-state index contributed by atoms with van der Waals surface area (Å²) in [5, 5.41) is 5.91. The van der Waals surface area contributed by atoms with Gasteiger partial charge in [0.1, 0.15) is 6.04 Å². The molecule has 4 heteroatoms. The molecule has 2 unspecified atom stereocenters. The number of amides is 2. The Labute approximate surface area is 123 Å². The van der Waals surface area contributed by atoms with Gasteiger partial charge in [-0.05, 0) is 32.1 Å². The van der Waals surface area contributed by atoms with E-state index in [0.29, 0.717) is 5.92 Å². The Balaban J connectivity index is 2.47. The van der Waals surface area contributed by atoms with Crippen LogP contribution in [0, 0.1) is 5.92 Å². The molecule has 1 rings (SSSR count). The predicted octanol–water partition coefficient (Wildman–Crippen LogP) is 2.77. The van der Waals surface area contributed by atoms with Crippen LogP contribution in [0.4, 0.5) is 0 Å². The molecule has 0 radical (unpaired) electrons. The van der Waals surface area contributed by atoms with Gasteiger partial charge in [0.2, 0.25) is 11.8 Å². The number of hydrogen-bond acceptors (Lipinski definition) is 2. The van der Waals surface area contributed by atoms with Gasteiger partial charge in [0.15, 0.2) is 0 Å². The second kappa shape index (κ2) is 8.98. The van der Waals surface area contributed by atoms with Crippen molar-refractivity contribution < 1.29 is 9.59 Å². The summed E-state index contributed by atoms with van der Waals surface area (Å²) in [4.78, 5) is 23.7. The minimum atomic E-state index is -0.344. The van der Waals surface area contributed by atoms with Crippen LogP contribution in [0.25, 0.3) is 0 Å². The van der Waals surface area contributed by atoms with Gasteiger partial charge in [0, 0.05) is 13.0 Å². The first-order chi connectivity index (χ1) is 9.54.